The van der Waals surface area contributed by atoms with Crippen LogP contribution in [0.3, 0.4) is 0 Å². The quantitative estimate of drug-likeness (QED) is 0.601. The summed E-state index contributed by atoms with van der Waals surface area (Å²) in [6, 6.07) is 6.79. The molecular formula is C20H21Cl2N3O3. The Bertz CT molecular complexity index is 1020. The molecule has 4 rings (SSSR count). The molecule has 28 heavy (non-hydrogen) atoms. The van der Waals surface area contributed by atoms with Crippen LogP contribution in [0, 0.1) is 6.92 Å². The predicted octanol–water partition coefficient (Wildman–Crippen LogP) is 3.22. The van der Waals surface area contributed by atoms with E-state index < -0.39 is 18.3 Å². The lowest BCUT2D eigenvalue weighted by atomic mass is 10.2. The summed E-state index contributed by atoms with van der Waals surface area (Å²) in [5, 5.41) is 23.0. The summed E-state index contributed by atoms with van der Waals surface area (Å²) in [4.78, 5) is 4.44. The van der Waals surface area contributed by atoms with E-state index in [2.05, 4.69) is 4.98 Å². The Morgan fingerprint density at radius 3 is 2.71 bits per heavy atom. The van der Waals surface area contributed by atoms with Gasteiger partial charge in [-0.1, -0.05) is 23.2 Å². The molecule has 1 saturated carbocycles. The van der Waals surface area contributed by atoms with Crippen LogP contribution in [0.2, 0.25) is 10.0 Å². The number of nitrogens with zero attached hydrogens (tertiary/aromatic N) is 2. The number of nitrogens with two attached hydrogens (primary N) is 1. The molecule has 1 fully saturated rings. The highest BCUT2D eigenvalue weighted by Gasteiger charge is 2.44. The van der Waals surface area contributed by atoms with Crippen molar-refractivity contribution in [2.75, 3.05) is 0 Å². The zero-order chi connectivity index (χ0) is 20.0. The topological polar surface area (TPSA) is 93.5 Å². The van der Waals surface area contributed by atoms with E-state index >= 15 is 0 Å². The van der Waals surface area contributed by atoms with Gasteiger partial charge in [0.25, 0.3) is 0 Å². The van der Waals surface area contributed by atoms with Gasteiger partial charge in [-0.2, -0.15) is 0 Å². The second-order valence-corrected chi connectivity index (χ2v) is 7.92. The Labute approximate surface area is 172 Å². The molecule has 1 aliphatic rings. The SMILES string of the molecule is Cc1ccnc2c1ccn2[C@@H]1C[C@H](Oc2cc(Cl)c(Cl)cc2CN)[C@@H](O)[C@H]1O. The van der Waals surface area contributed by atoms with Crippen molar-refractivity contribution < 1.29 is 14.9 Å². The van der Waals surface area contributed by atoms with Crippen LogP contribution >= 0.6 is 23.2 Å². The Morgan fingerprint density at radius 1 is 1.21 bits per heavy atom. The third-order valence-electron chi connectivity index (χ3n) is 5.39. The monoisotopic (exact) mass is 421 g/mol. The number of aliphatic hydroxyl groups excluding tert-OH is 2. The zero-order valence-electron chi connectivity index (χ0n) is 15.2. The minimum atomic E-state index is -1.06. The average molecular weight is 422 g/mol. The number of ether oxygens (including phenoxy) is 1. The second kappa shape index (κ2) is 7.54. The van der Waals surface area contributed by atoms with Crippen LogP contribution < -0.4 is 10.5 Å². The summed E-state index contributed by atoms with van der Waals surface area (Å²) in [6.07, 6.45) is 1.36. The molecular weight excluding hydrogens is 401 g/mol. The van der Waals surface area contributed by atoms with Crippen molar-refractivity contribution in [1.29, 1.82) is 0 Å². The number of aryl methyl sites for hydroxylation is 1. The Kier molecular flexibility index (Phi) is 5.24. The number of fused-ring (bicyclic) bond motifs is 1. The number of aromatic nitrogens is 2. The van der Waals surface area contributed by atoms with Crippen LogP contribution in [0.25, 0.3) is 11.0 Å². The third-order valence-corrected chi connectivity index (χ3v) is 6.11. The van der Waals surface area contributed by atoms with Crippen molar-refractivity contribution in [3.8, 4) is 5.75 Å². The molecule has 0 radical (unpaired) electrons. The second-order valence-electron chi connectivity index (χ2n) is 7.11. The normalized spacial score (nSPS) is 24.8. The molecule has 0 spiro atoms. The van der Waals surface area contributed by atoms with Crippen molar-refractivity contribution in [1.82, 2.24) is 9.55 Å². The first-order valence-electron chi connectivity index (χ1n) is 9.03. The lowest BCUT2D eigenvalue weighted by Crippen LogP contribution is -2.34. The summed E-state index contributed by atoms with van der Waals surface area (Å²) < 4.78 is 7.91. The standard InChI is InChI=1S/C20H21Cl2N3O3/c1-10-2-4-24-20-12(10)3-5-25(20)15-8-17(19(27)18(15)26)28-16-7-14(22)13(21)6-11(16)9-23/h2-7,15,17-19,26-27H,8-9,23H2,1H3/t15-,17+,18+,19-/m1/s1. The van der Waals surface area contributed by atoms with E-state index in [1.165, 1.54) is 0 Å². The van der Waals surface area contributed by atoms with Gasteiger partial charge in [0.1, 0.15) is 29.7 Å². The van der Waals surface area contributed by atoms with Crippen LogP contribution in [-0.4, -0.2) is 38.1 Å². The van der Waals surface area contributed by atoms with Gasteiger partial charge in [-0.25, -0.2) is 4.98 Å². The summed E-state index contributed by atoms with van der Waals surface area (Å²) in [5.74, 6) is 0.458. The van der Waals surface area contributed by atoms with Gasteiger partial charge in [-0.3, -0.25) is 0 Å². The number of pyridine rings is 1. The van der Waals surface area contributed by atoms with Gasteiger partial charge in [-0.05, 0) is 30.7 Å². The lowest BCUT2D eigenvalue weighted by Gasteiger charge is -2.20. The molecule has 2 heterocycles. The van der Waals surface area contributed by atoms with Crippen LogP contribution in [0.1, 0.15) is 23.6 Å². The molecule has 1 aliphatic carbocycles. The summed E-state index contributed by atoms with van der Waals surface area (Å²) in [7, 11) is 0. The average Bonchev–Trinajstić information content (AvgIpc) is 3.22. The molecule has 148 valence electrons. The van der Waals surface area contributed by atoms with Gasteiger partial charge in [-0.15, -0.1) is 0 Å². The highest BCUT2D eigenvalue weighted by molar-refractivity contribution is 6.42. The van der Waals surface area contributed by atoms with E-state index in [1.807, 2.05) is 29.8 Å². The lowest BCUT2D eigenvalue weighted by molar-refractivity contribution is -0.0165. The summed E-state index contributed by atoms with van der Waals surface area (Å²) >= 11 is 12.2. The fourth-order valence-corrected chi connectivity index (χ4v) is 4.16. The number of hydrogen-bond acceptors (Lipinski definition) is 5. The first-order valence-corrected chi connectivity index (χ1v) is 9.79. The van der Waals surface area contributed by atoms with Gasteiger partial charge in [0.15, 0.2) is 0 Å². The van der Waals surface area contributed by atoms with E-state index in [4.69, 9.17) is 33.7 Å². The van der Waals surface area contributed by atoms with Gasteiger partial charge < -0.3 is 25.3 Å². The largest absolute Gasteiger partial charge is 0.487 e. The molecule has 8 heteroatoms. The van der Waals surface area contributed by atoms with Gasteiger partial charge in [0, 0.05) is 42.4 Å². The number of halogens is 2. The highest BCUT2D eigenvalue weighted by atomic mass is 35.5. The van der Waals surface area contributed by atoms with E-state index in [0.29, 0.717) is 27.8 Å². The minimum absolute atomic E-state index is 0.215. The van der Waals surface area contributed by atoms with Gasteiger partial charge in [0.2, 0.25) is 0 Å². The molecule has 0 unspecified atom stereocenters. The number of aliphatic hydroxyl groups is 2. The molecule has 2 aromatic heterocycles. The molecule has 0 amide bonds. The smallest absolute Gasteiger partial charge is 0.140 e. The Balaban J connectivity index is 1.63. The predicted molar refractivity (Wildman–Crippen MR) is 109 cm³/mol. The van der Waals surface area contributed by atoms with Crippen molar-refractivity contribution in [2.45, 2.75) is 44.2 Å². The van der Waals surface area contributed by atoms with Gasteiger partial charge in [0.05, 0.1) is 16.1 Å². The van der Waals surface area contributed by atoms with Crippen molar-refractivity contribution in [3.05, 3.63) is 57.8 Å². The zero-order valence-corrected chi connectivity index (χ0v) is 16.7. The van der Waals surface area contributed by atoms with Gasteiger partial charge >= 0.3 is 0 Å². The van der Waals surface area contributed by atoms with Crippen molar-refractivity contribution in [2.24, 2.45) is 5.73 Å². The van der Waals surface area contributed by atoms with Crippen LogP contribution in [0.15, 0.2) is 36.7 Å². The highest BCUT2D eigenvalue weighted by Crippen LogP contribution is 2.38. The minimum Gasteiger partial charge on any atom is -0.487 e. The van der Waals surface area contributed by atoms with E-state index in [1.54, 1.807) is 18.3 Å². The summed E-state index contributed by atoms with van der Waals surface area (Å²) in [5.41, 5.74) is 8.34. The molecule has 0 saturated heterocycles. The number of hydrogen-bond donors (Lipinski definition) is 3. The molecule has 0 aliphatic heterocycles. The maximum atomic E-state index is 10.7. The molecule has 4 N–H and O–H groups in total. The fraction of sp³-hybridized carbons (Fsp3) is 0.350. The maximum absolute atomic E-state index is 10.7. The van der Waals surface area contributed by atoms with E-state index in [9.17, 15) is 10.2 Å². The van der Waals surface area contributed by atoms with E-state index in [-0.39, 0.29) is 12.6 Å². The Morgan fingerprint density at radius 2 is 1.96 bits per heavy atom. The van der Waals surface area contributed by atoms with Crippen molar-refractivity contribution in [3.63, 3.8) is 0 Å². The van der Waals surface area contributed by atoms with Crippen LogP contribution in [0.5, 0.6) is 5.75 Å². The molecule has 1 aromatic carbocycles. The third kappa shape index (κ3) is 3.25. The van der Waals surface area contributed by atoms with E-state index in [0.717, 1.165) is 16.6 Å². The maximum Gasteiger partial charge on any atom is 0.140 e. The summed E-state index contributed by atoms with van der Waals surface area (Å²) in [6.45, 7) is 2.23. The first-order chi connectivity index (χ1) is 13.4. The fourth-order valence-electron chi connectivity index (χ4n) is 3.82. The molecule has 0 bridgehead atoms. The van der Waals surface area contributed by atoms with Crippen LogP contribution in [-0.2, 0) is 6.54 Å². The molecule has 4 atom stereocenters. The molecule has 3 aromatic rings. The Hall–Kier alpha value is -1.83. The molecule has 6 nitrogen and oxygen atoms in total. The number of benzene rings is 1. The van der Waals surface area contributed by atoms with Crippen molar-refractivity contribution >= 4 is 34.2 Å². The number of rotatable bonds is 4. The first kappa shape index (κ1) is 19.5. The van der Waals surface area contributed by atoms with Crippen LogP contribution in [0.4, 0.5) is 0 Å².